The molecule has 0 aliphatic rings. The Balaban J connectivity index is 0. The summed E-state index contributed by atoms with van der Waals surface area (Å²) in [5.41, 5.74) is 5.08. The molecule has 0 aromatic heterocycles. The van der Waals surface area contributed by atoms with Crippen molar-refractivity contribution in [2.75, 3.05) is 27.2 Å². The summed E-state index contributed by atoms with van der Waals surface area (Å²) < 4.78 is 4.61. The minimum absolute atomic E-state index is 0. The van der Waals surface area contributed by atoms with Crippen molar-refractivity contribution in [1.29, 1.82) is 0 Å². The number of ether oxygens (including phenoxy) is 1. The minimum atomic E-state index is -0.347. The van der Waals surface area contributed by atoms with Crippen molar-refractivity contribution >= 4 is 18.5 Å². The van der Waals surface area contributed by atoms with Gasteiger partial charge in [0.05, 0.1) is 0 Å². The molecule has 0 aliphatic carbocycles. The van der Waals surface area contributed by atoms with Crippen LogP contribution in [0, 0.1) is 0 Å². The molecule has 2 N–H and O–H groups in total. The maximum atomic E-state index is 10.5. The van der Waals surface area contributed by atoms with Gasteiger partial charge in [-0.25, -0.2) is 4.79 Å². The van der Waals surface area contributed by atoms with Gasteiger partial charge in [0.1, 0.15) is 6.61 Å². The van der Waals surface area contributed by atoms with Crippen molar-refractivity contribution in [2.45, 2.75) is 0 Å². The predicted octanol–water partition coefficient (Wildman–Crippen LogP) is 0.0651. The Kier molecular flexibility index (Phi) is 8.11. The molecule has 0 aromatic carbocycles. The van der Waals surface area contributed by atoms with Crippen LogP contribution in [0.5, 0.6) is 0 Å². The maximum absolute atomic E-state index is 10.5. The Morgan fingerprint density at radius 2 is 2.10 bits per heavy atom. The number of rotatable bonds is 2. The zero-order valence-corrected chi connectivity index (χ0v) is 6.98. The van der Waals surface area contributed by atoms with Crippen LogP contribution in [0.3, 0.4) is 0 Å². The average molecular weight is 169 g/mol. The fraction of sp³-hybridized carbons (Fsp3) is 0.800. The van der Waals surface area contributed by atoms with Gasteiger partial charge in [-0.3, -0.25) is 0 Å². The average Bonchev–Trinajstić information content (AvgIpc) is 1.82. The molecule has 10 heavy (non-hydrogen) atoms. The van der Waals surface area contributed by atoms with Crippen molar-refractivity contribution in [3.8, 4) is 0 Å². The van der Waals surface area contributed by atoms with Gasteiger partial charge in [0.15, 0.2) is 0 Å². The van der Waals surface area contributed by atoms with Gasteiger partial charge in [0, 0.05) is 20.6 Å². The molecule has 0 unspecified atom stereocenters. The summed E-state index contributed by atoms with van der Waals surface area (Å²) in [5.74, 6) is 0. The SMILES string of the molecule is CN(C)C(=O)OCCN.Cl. The largest absolute Gasteiger partial charge is 0.448 e. The lowest BCUT2D eigenvalue weighted by atomic mass is 10.7. The van der Waals surface area contributed by atoms with Crippen LogP contribution in [0.15, 0.2) is 0 Å². The molecular weight excluding hydrogens is 156 g/mol. The van der Waals surface area contributed by atoms with Crippen molar-refractivity contribution in [2.24, 2.45) is 5.73 Å². The number of nitrogens with two attached hydrogens (primary N) is 1. The van der Waals surface area contributed by atoms with Crippen molar-refractivity contribution in [3.05, 3.63) is 0 Å². The summed E-state index contributed by atoms with van der Waals surface area (Å²) in [6.07, 6.45) is -0.347. The third-order valence-electron chi connectivity index (χ3n) is 0.709. The summed E-state index contributed by atoms with van der Waals surface area (Å²) in [6, 6.07) is 0. The molecule has 1 amide bonds. The number of hydrogen-bond acceptors (Lipinski definition) is 3. The number of halogens is 1. The molecule has 0 radical (unpaired) electrons. The van der Waals surface area contributed by atoms with Crippen molar-refractivity contribution in [3.63, 3.8) is 0 Å². The highest BCUT2D eigenvalue weighted by molar-refractivity contribution is 5.85. The number of amides is 1. The molecule has 0 rings (SSSR count). The fourth-order valence-electron chi connectivity index (χ4n) is 0.275. The van der Waals surface area contributed by atoms with Crippen LogP contribution in [0.2, 0.25) is 0 Å². The van der Waals surface area contributed by atoms with Crippen LogP contribution >= 0.6 is 12.4 Å². The van der Waals surface area contributed by atoms with Gasteiger partial charge in [-0.2, -0.15) is 0 Å². The van der Waals surface area contributed by atoms with E-state index in [1.54, 1.807) is 14.1 Å². The molecule has 5 heteroatoms. The summed E-state index contributed by atoms with van der Waals surface area (Å²) in [6.45, 7) is 0.663. The van der Waals surface area contributed by atoms with Gasteiger partial charge in [-0.05, 0) is 0 Å². The normalized spacial score (nSPS) is 7.90. The summed E-state index contributed by atoms with van der Waals surface area (Å²) in [5, 5.41) is 0. The third-order valence-corrected chi connectivity index (χ3v) is 0.709. The third kappa shape index (κ3) is 5.65. The lowest BCUT2D eigenvalue weighted by molar-refractivity contribution is 0.121. The van der Waals surface area contributed by atoms with Crippen LogP contribution in [0.1, 0.15) is 0 Å². The van der Waals surface area contributed by atoms with Gasteiger partial charge >= 0.3 is 6.09 Å². The first-order valence-corrected chi connectivity index (χ1v) is 2.72. The second-order valence-electron chi connectivity index (χ2n) is 1.80. The van der Waals surface area contributed by atoms with E-state index in [0.717, 1.165) is 0 Å². The van der Waals surface area contributed by atoms with Crippen LogP contribution in [0.25, 0.3) is 0 Å². The number of hydrogen-bond donors (Lipinski definition) is 1. The highest BCUT2D eigenvalue weighted by Crippen LogP contribution is 1.82. The summed E-state index contributed by atoms with van der Waals surface area (Å²) in [4.78, 5) is 11.9. The van der Waals surface area contributed by atoms with Gasteiger partial charge in [0.25, 0.3) is 0 Å². The zero-order chi connectivity index (χ0) is 7.28. The second-order valence-corrected chi connectivity index (χ2v) is 1.80. The predicted molar refractivity (Wildman–Crippen MR) is 41.3 cm³/mol. The summed E-state index contributed by atoms with van der Waals surface area (Å²) in [7, 11) is 3.25. The van der Waals surface area contributed by atoms with Crippen molar-refractivity contribution < 1.29 is 9.53 Å². The van der Waals surface area contributed by atoms with Crippen LogP contribution in [0.4, 0.5) is 4.79 Å². The lowest BCUT2D eigenvalue weighted by Crippen LogP contribution is -2.25. The molecule has 0 saturated carbocycles. The van der Waals surface area contributed by atoms with Gasteiger partial charge < -0.3 is 15.4 Å². The lowest BCUT2D eigenvalue weighted by Gasteiger charge is -2.09. The molecule has 0 aromatic rings. The number of carbonyl (C=O) groups is 1. The summed E-state index contributed by atoms with van der Waals surface area (Å²) >= 11 is 0. The molecule has 0 saturated heterocycles. The van der Waals surface area contributed by atoms with Gasteiger partial charge in [0.2, 0.25) is 0 Å². The molecule has 62 valence electrons. The van der Waals surface area contributed by atoms with Gasteiger partial charge in [-0.1, -0.05) is 0 Å². The van der Waals surface area contributed by atoms with E-state index in [1.807, 2.05) is 0 Å². The molecule has 4 nitrogen and oxygen atoms in total. The number of nitrogens with zero attached hydrogens (tertiary/aromatic N) is 1. The van der Waals surface area contributed by atoms with Crippen LogP contribution < -0.4 is 5.73 Å². The van der Waals surface area contributed by atoms with Gasteiger partial charge in [-0.15, -0.1) is 12.4 Å². The standard InChI is InChI=1S/C5H12N2O2.ClH/c1-7(2)5(8)9-4-3-6;/h3-4,6H2,1-2H3;1H. The molecule has 0 heterocycles. The molecule has 0 fully saturated rings. The second kappa shape index (κ2) is 6.64. The monoisotopic (exact) mass is 168 g/mol. The Hall–Kier alpha value is -0.480. The Morgan fingerprint density at radius 1 is 1.60 bits per heavy atom. The number of carbonyl (C=O) groups excluding carboxylic acids is 1. The van der Waals surface area contributed by atoms with E-state index in [4.69, 9.17) is 5.73 Å². The first-order valence-electron chi connectivity index (χ1n) is 2.72. The van der Waals surface area contributed by atoms with Crippen LogP contribution in [-0.2, 0) is 4.74 Å². The first-order chi connectivity index (χ1) is 4.18. The quantitative estimate of drug-likeness (QED) is 0.635. The molecule has 0 bridgehead atoms. The fourth-order valence-corrected chi connectivity index (χ4v) is 0.275. The first kappa shape index (κ1) is 12.2. The van der Waals surface area contributed by atoms with E-state index >= 15 is 0 Å². The molecular formula is C5H13ClN2O2. The van der Waals surface area contributed by atoms with E-state index in [9.17, 15) is 4.79 Å². The van der Waals surface area contributed by atoms with Crippen LogP contribution in [-0.4, -0.2) is 38.2 Å². The smallest absolute Gasteiger partial charge is 0.409 e. The Morgan fingerprint density at radius 3 is 2.40 bits per heavy atom. The highest BCUT2D eigenvalue weighted by Gasteiger charge is 2.01. The molecule has 0 spiro atoms. The maximum Gasteiger partial charge on any atom is 0.409 e. The zero-order valence-electron chi connectivity index (χ0n) is 6.16. The Labute approximate surface area is 66.7 Å². The van der Waals surface area contributed by atoms with E-state index in [0.29, 0.717) is 6.54 Å². The van der Waals surface area contributed by atoms with E-state index in [1.165, 1.54) is 4.90 Å². The van der Waals surface area contributed by atoms with E-state index in [-0.39, 0.29) is 25.1 Å². The van der Waals surface area contributed by atoms with E-state index in [2.05, 4.69) is 4.74 Å². The Bertz CT molecular complexity index is 97.6. The van der Waals surface area contributed by atoms with Crippen molar-refractivity contribution in [1.82, 2.24) is 4.90 Å². The highest BCUT2D eigenvalue weighted by atomic mass is 35.5. The minimum Gasteiger partial charge on any atom is -0.448 e. The molecule has 0 atom stereocenters. The van der Waals surface area contributed by atoms with E-state index < -0.39 is 0 Å². The topological polar surface area (TPSA) is 55.6 Å². The molecule has 0 aliphatic heterocycles.